The Bertz CT molecular complexity index is 374. The fraction of sp³-hybridized carbons (Fsp3) is 0.750. The number of carbonyl (C=O) groups is 3. The summed E-state index contributed by atoms with van der Waals surface area (Å²) < 4.78 is 0. The number of carboxylic acid groups (broad SMARTS) is 2. The van der Waals surface area contributed by atoms with Gasteiger partial charge in [-0.2, -0.15) is 0 Å². The van der Waals surface area contributed by atoms with Gasteiger partial charge in [-0.25, -0.2) is 0 Å². The zero-order valence-corrected chi connectivity index (χ0v) is 10.7. The van der Waals surface area contributed by atoms with Gasteiger partial charge < -0.3 is 21.7 Å². The van der Waals surface area contributed by atoms with Crippen LogP contribution in [0, 0.1) is 11.3 Å². The first-order chi connectivity index (χ1) is 8.83. The lowest BCUT2D eigenvalue weighted by molar-refractivity contribution is -0.159. The standard InChI is InChI=1S/C12H20N2O5/c13-6-7-1-3-12(4-2-7,11(18)19)10(17)8(14)5-9(15)16/h7-8H,1-6,13-14H2,(H,15,16)(H,18,19)/t7?,8-,12?/m1/s1. The molecule has 0 saturated heterocycles. The highest BCUT2D eigenvalue weighted by atomic mass is 16.4. The summed E-state index contributed by atoms with van der Waals surface area (Å²) in [5, 5.41) is 18.0. The SMILES string of the molecule is NCC1CCC(C(=O)O)(C(=O)[C@H](N)CC(=O)O)CC1. The molecule has 0 unspecified atom stereocenters. The summed E-state index contributed by atoms with van der Waals surface area (Å²) in [4.78, 5) is 34.2. The summed E-state index contributed by atoms with van der Waals surface area (Å²) in [7, 11) is 0. The van der Waals surface area contributed by atoms with E-state index in [1.807, 2.05) is 0 Å². The number of nitrogens with two attached hydrogens (primary N) is 2. The molecule has 1 fully saturated rings. The van der Waals surface area contributed by atoms with Crippen LogP contribution in [0.1, 0.15) is 32.1 Å². The second-order valence-corrected chi connectivity index (χ2v) is 5.13. The Balaban J connectivity index is 2.86. The Morgan fingerprint density at radius 1 is 1.21 bits per heavy atom. The van der Waals surface area contributed by atoms with Gasteiger partial charge in [0.25, 0.3) is 0 Å². The summed E-state index contributed by atoms with van der Waals surface area (Å²) in [6.45, 7) is 0.463. The molecule has 0 aromatic carbocycles. The summed E-state index contributed by atoms with van der Waals surface area (Å²) >= 11 is 0. The van der Waals surface area contributed by atoms with E-state index in [2.05, 4.69) is 0 Å². The summed E-state index contributed by atoms with van der Waals surface area (Å²) in [5.41, 5.74) is 9.51. The van der Waals surface area contributed by atoms with Crippen molar-refractivity contribution in [2.24, 2.45) is 22.8 Å². The fourth-order valence-electron chi connectivity index (χ4n) is 2.61. The third kappa shape index (κ3) is 3.30. The Morgan fingerprint density at radius 3 is 2.11 bits per heavy atom. The van der Waals surface area contributed by atoms with Gasteiger partial charge in [0.05, 0.1) is 12.5 Å². The van der Waals surface area contributed by atoms with E-state index in [9.17, 15) is 19.5 Å². The zero-order chi connectivity index (χ0) is 14.6. The second kappa shape index (κ2) is 6.12. The van der Waals surface area contributed by atoms with Crippen molar-refractivity contribution >= 4 is 17.7 Å². The van der Waals surface area contributed by atoms with Crippen molar-refractivity contribution in [3.8, 4) is 0 Å². The number of hydrogen-bond acceptors (Lipinski definition) is 5. The van der Waals surface area contributed by atoms with E-state index in [0.717, 1.165) is 0 Å². The molecule has 1 atom stereocenters. The molecule has 0 bridgehead atoms. The van der Waals surface area contributed by atoms with Crippen molar-refractivity contribution in [2.45, 2.75) is 38.1 Å². The third-order valence-electron chi connectivity index (χ3n) is 3.90. The van der Waals surface area contributed by atoms with Crippen LogP contribution in [0.4, 0.5) is 0 Å². The number of aliphatic carboxylic acids is 2. The Kier molecular flexibility index (Phi) is 5.02. The highest BCUT2D eigenvalue weighted by Gasteiger charge is 2.49. The maximum absolute atomic E-state index is 12.2. The van der Waals surface area contributed by atoms with E-state index in [1.54, 1.807) is 0 Å². The molecule has 0 aliphatic heterocycles. The predicted molar refractivity (Wildman–Crippen MR) is 66.3 cm³/mol. The van der Waals surface area contributed by atoms with E-state index in [0.29, 0.717) is 19.4 Å². The van der Waals surface area contributed by atoms with Crippen molar-refractivity contribution in [3.05, 3.63) is 0 Å². The van der Waals surface area contributed by atoms with Gasteiger partial charge in [0.2, 0.25) is 0 Å². The van der Waals surface area contributed by atoms with Gasteiger partial charge >= 0.3 is 11.9 Å². The summed E-state index contributed by atoms with van der Waals surface area (Å²) in [5.74, 6) is -2.89. The molecule has 1 aliphatic carbocycles. The van der Waals surface area contributed by atoms with Crippen molar-refractivity contribution in [3.63, 3.8) is 0 Å². The number of hydrogen-bond donors (Lipinski definition) is 4. The molecule has 19 heavy (non-hydrogen) atoms. The predicted octanol–water partition coefficient (Wildman–Crippen LogP) is -0.423. The smallest absolute Gasteiger partial charge is 0.317 e. The summed E-state index contributed by atoms with van der Waals surface area (Å²) in [6, 6.07) is -1.27. The van der Waals surface area contributed by atoms with Crippen LogP contribution in [0.5, 0.6) is 0 Å². The van der Waals surface area contributed by atoms with Gasteiger partial charge in [0.15, 0.2) is 5.78 Å². The number of ketones is 1. The van der Waals surface area contributed by atoms with E-state index in [1.165, 1.54) is 0 Å². The largest absolute Gasteiger partial charge is 0.481 e. The molecular formula is C12H20N2O5. The van der Waals surface area contributed by atoms with Crippen molar-refractivity contribution in [1.29, 1.82) is 0 Å². The van der Waals surface area contributed by atoms with E-state index >= 15 is 0 Å². The molecule has 1 rings (SSSR count). The van der Waals surface area contributed by atoms with Gasteiger partial charge in [-0.1, -0.05) is 0 Å². The van der Waals surface area contributed by atoms with Crippen LogP contribution in [0.3, 0.4) is 0 Å². The molecule has 0 radical (unpaired) electrons. The van der Waals surface area contributed by atoms with Crippen molar-refractivity contribution in [1.82, 2.24) is 0 Å². The molecule has 0 aromatic rings. The quantitative estimate of drug-likeness (QED) is 0.480. The van der Waals surface area contributed by atoms with Crippen molar-refractivity contribution < 1.29 is 24.6 Å². The average Bonchev–Trinajstić information content (AvgIpc) is 2.36. The average molecular weight is 272 g/mol. The monoisotopic (exact) mass is 272 g/mol. The molecule has 1 aliphatic rings. The van der Waals surface area contributed by atoms with Crippen LogP contribution in [-0.2, 0) is 14.4 Å². The third-order valence-corrected chi connectivity index (χ3v) is 3.90. The minimum Gasteiger partial charge on any atom is -0.481 e. The number of carbonyl (C=O) groups excluding carboxylic acids is 1. The van der Waals surface area contributed by atoms with Gasteiger partial charge in [0.1, 0.15) is 5.41 Å². The van der Waals surface area contributed by atoms with Crippen molar-refractivity contribution in [2.75, 3.05) is 6.54 Å². The highest BCUT2D eigenvalue weighted by Crippen LogP contribution is 2.40. The maximum atomic E-state index is 12.2. The van der Waals surface area contributed by atoms with E-state index in [-0.39, 0.29) is 18.8 Å². The molecule has 0 spiro atoms. The van der Waals surface area contributed by atoms with Crippen LogP contribution in [-0.4, -0.2) is 40.5 Å². The lowest BCUT2D eigenvalue weighted by Gasteiger charge is -2.36. The zero-order valence-electron chi connectivity index (χ0n) is 10.7. The van der Waals surface area contributed by atoms with Gasteiger partial charge in [0, 0.05) is 0 Å². The van der Waals surface area contributed by atoms with Gasteiger partial charge in [-0.15, -0.1) is 0 Å². The molecule has 1 saturated carbocycles. The Hall–Kier alpha value is -1.47. The van der Waals surface area contributed by atoms with Crippen LogP contribution in [0.25, 0.3) is 0 Å². The Morgan fingerprint density at radius 2 is 1.74 bits per heavy atom. The molecule has 0 amide bonds. The minimum atomic E-state index is -1.54. The molecule has 0 aromatic heterocycles. The number of Topliss-reactive ketones (excluding diaryl/α,β-unsaturated/α-hetero) is 1. The van der Waals surface area contributed by atoms with Crippen LogP contribution < -0.4 is 11.5 Å². The van der Waals surface area contributed by atoms with Crippen LogP contribution in [0.2, 0.25) is 0 Å². The number of carboxylic acids is 2. The first-order valence-corrected chi connectivity index (χ1v) is 6.28. The number of rotatable bonds is 6. The van der Waals surface area contributed by atoms with Crippen LogP contribution >= 0.6 is 0 Å². The lowest BCUT2D eigenvalue weighted by atomic mass is 9.66. The Labute approximate surface area is 111 Å². The van der Waals surface area contributed by atoms with Crippen LogP contribution in [0.15, 0.2) is 0 Å². The molecule has 108 valence electrons. The fourth-order valence-corrected chi connectivity index (χ4v) is 2.61. The van der Waals surface area contributed by atoms with E-state index < -0.39 is 35.6 Å². The highest BCUT2D eigenvalue weighted by molar-refractivity contribution is 6.06. The molecule has 7 nitrogen and oxygen atoms in total. The first kappa shape index (κ1) is 15.6. The second-order valence-electron chi connectivity index (χ2n) is 5.13. The normalized spacial score (nSPS) is 28.6. The first-order valence-electron chi connectivity index (χ1n) is 6.28. The molecule has 6 N–H and O–H groups in total. The van der Waals surface area contributed by atoms with Gasteiger partial charge in [-0.3, -0.25) is 14.4 Å². The lowest BCUT2D eigenvalue weighted by Crippen LogP contribution is -2.51. The summed E-state index contributed by atoms with van der Waals surface area (Å²) in [6.07, 6.45) is 0.906. The minimum absolute atomic E-state index is 0.177. The maximum Gasteiger partial charge on any atom is 0.317 e. The molecular weight excluding hydrogens is 252 g/mol. The molecule has 7 heteroatoms. The van der Waals surface area contributed by atoms with E-state index in [4.69, 9.17) is 16.6 Å². The topological polar surface area (TPSA) is 144 Å². The van der Waals surface area contributed by atoms with Gasteiger partial charge in [-0.05, 0) is 38.1 Å². The molecule has 0 heterocycles.